The van der Waals surface area contributed by atoms with Crippen molar-refractivity contribution in [3.8, 4) is 0 Å². The highest BCUT2D eigenvalue weighted by molar-refractivity contribution is 6.45. The van der Waals surface area contributed by atoms with E-state index in [-0.39, 0.29) is 17.6 Å². The van der Waals surface area contributed by atoms with Gasteiger partial charge in [0.05, 0.1) is 7.11 Å². The van der Waals surface area contributed by atoms with Gasteiger partial charge in [0.15, 0.2) is 11.9 Å². The lowest BCUT2D eigenvalue weighted by Gasteiger charge is -2.28. The Morgan fingerprint density at radius 1 is 1.64 bits per heavy atom. The number of hydrogen-bond acceptors (Lipinski definition) is 3. The summed E-state index contributed by atoms with van der Waals surface area (Å²) in [5.74, 6) is 0.168. The van der Waals surface area contributed by atoms with Crippen molar-refractivity contribution in [1.82, 2.24) is 0 Å². The molecule has 2 aliphatic rings. The predicted molar refractivity (Wildman–Crippen MR) is 52.4 cm³/mol. The molecule has 0 N–H and O–H groups in total. The van der Waals surface area contributed by atoms with Crippen LogP contribution in [0.5, 0.6) is 0 Å². The Balaban J connectivity index is 2.37. The van der Waals surface area contributed by atoms with Gasteiger partial charge in [-0.3, -0.25) is 4.79 Å². The van der Waals surface area contributed by atoms with E-state index in [1.165, 1.54) is 7.11 Å². The molecule has 1 fully saturated rings. The van der Waals surface area contributed by atoms with Gasteiger partial charge in [0.25, 0.3) is 0 Å². The topological polar surface area (TPSA) is 38.8 Å². The summed E-state index contributed by atoms with van der Waals surface area (Å²) < 4.78 is 10.2. The Labute approximate surface area is 92.0 Å². The van der Waals surface area contributed by atoms with Crippen LogP contribution >= 0.6 is 23.2 Å². The zero-order valence-electron chi connectivity index (χ0n) is 7.79. The van der Waals surface area contributed by atoms with Crippen molar-refractivity contribution in [2.45, 2.75) is 24.0 Å². The molecule has 14 heavy (non-hydrogen) atoms. The van der Waals surface area contributed by atoms with E-state index < -0.39 is 16.4 Å². The zero-order chi connectivity index (χ0) is 10.5. The molecule has 3 nitrogen and oxygen atoms in total. The van der Waals surface area contributed by atoms with E-state index in [1.54, 1.807) is 6.08 Å². The minimum absolute atomic E-state index is 0.121. The van der Waals surface area contributed by atoms with Gasteiger partial charge in [-0.15, -0.1) is 23.2 Å². The third kappa shape index (κ3) is 1.27. The van der Waals surface area contributed by atoms with E-state index in [2.05, 4.69) is 0 Å². The molecule has 5 heteroatoms. The summed E-state index contributed by atoms with van der Waals surface area (Å²) in [6.07, 6.45) is 1.04. The monoisotopic (exact) mass is 236 g/mol. The van der Waals surface area contributed by atoms with Crippen molar-refractivity contribution in [2.24, 2.45) is 5.41 Å². The van der Waals surface area contributed by atoms with Crippen molar-refractivity contribution in [3.63, 3.8) is 0 Å². The first-order chi connectivity index (χ1) is 6.50. The number of Topliss-reactive ketones (excluding diaryl/α,β-unsaturated/α-hetero) is 1. The summed E-state index contributed by atoms with van der Waals surface area (Å²) in [7, 11) is 1.45. The van der Waals surface area contributed by atoms with Gasteiger partial charge in [-0.1, -0.05) is 6.92 Å². The first-order valence-corrected chi connectivity index (χ1v) is 5.12. The molecule has 2 rings (SSSR count). The first-order valence-electron chi connectivity index (χ1n) is 4.25. The molecule has 1 heterocycles. The van der Waals surface area contributed by atoms with Crippen LogP contribution in [-0.2, 0) is 14.3 Å². The molecule has 1 aliphatic heterocycles. The lowest BCUT2D eigenvalue weighted by molar-refractivity contribution is -0.119. The van der Waals surface area contributed by atoms with Gasteiger partial charge < -0.3 is 9.47 Å². The van der Waals surface area contributed by atoms with Gasteiger partial charge in [0.1, 0.15) is 10.9 Å². The van der Waals surface area contributed by atoms with Crippen molar-refractivity contribution in [1.29, 1.82) is 0 Å². The van der Waals surface area contributed by atoms with Crippen LogP contribution in [-0.4, -0.2) is 29.9 Å². The third-order valence-electron chi connectivity index (χ3n) is 2.74. The maximum atomic E-state index is 11.5. The van der Waals surface area contributed by atoms with Gasteiger partial charge >= 0.3 is 0 Å². The van der Waals surface area contributed by atoms with Crippen LogP contribution in [0.2, 0.25) is 0 Å². The lowest BCUT2D eigenvalue weighted by Crippen LogP contribution is -2.36. The summed E-state index contributed by atoms with van der Waals surface area (Å²) >= 11 is 11.7. The summed E-state index contributed by atoms with van der Waals surface area (Å²) in [5.41, 5.74) is -0.535. The number of hydrogen-bond donors (Lipinski definition) is 0. The van der Waals surface area contributed by atoms with Crippen LogP contribution in [0.1, 0.15) is 6.92 Å². The summed E-state index contributed by atoms with van der Waals surface area (Å²) in [6, 6.07) is 0. The van der Waals surface area contributed by atoms with E-state index in [9.17, 15) is 4.79 Å². The molecular weight excluding hydrogens is 227 g/mol. The number of ketones is 1. The van der Waals surface area contributed by atoms with Gasteiger partial charge in [0.2, 0.25) is 5.78 Å². The standard InChI is InChI=1S/C9H10Cl2O3/c1-9(8(10)11)3-4(13-2)5(12)6-7(9)14-6/h3,6-8H,1-2H3. The molecular formula is C9H10Cl2O3. The van der Waals surface area contributed by atoms with Gasteiger partial charge in [-0.2, -0.15) is 0 Å². The second-order valence-electron chi connectivity index (χ2n) is 3.72. The molecule has 1 aliphatic carbocycles. The third-order valence-corrected chi connectivity index (χ3v) is 3.68. The lowest BCUT2D eigenvalue weighted by atomic mass is 9.81. The normalized spacial score (nSPS) is 40.6. The number of halogens is 2. The second-order valence-corrected chi connectivity index (χ2v) is 4.82. The van der Waals surface area contributed by atoms with E-state index in [0.717, 1.165) is 0 Å². The zero-order valence-corrected chi connectivity index (χ0v) is 9.30. The van der Waals surface area contributed by atoms with Crippen molar-refractivity contribution in [3.05, 3.63) is 11.8 Å². The van der Waals surface area contributed by atoms with Crippen LogP contribution in [0.4, 0.5) is 0 Å². The van der Waals surface area contributed by atoms with Crippen LogP contribution in [0.15, 0.2) is 11.8 Å². The Bertz CT molecular complexity index is 313. The molecule has 3 atom stereocenters. The largest absolute Gasteiger partial charge is 0.493 e. The van der Waals surface area contributed by atoms with E-state index in [4.69, 9.17) is 32.7 Å². The molecule has 0 saturated carbocycles. The van der Waals surface area contributed by atoms with Crippen molar-refractivity contribution in [2.75, 3.05) is 7.11 Å². The maximum Gasteiger partial charge on any atom is 0.228 e. The van der Waals surface area contributed by atoms with Crippen LogP contribution in [0.3, 0.4) is 0 Å². The molecule has 0 bridgehead atoms. The number of methoxy groups -OCH3 is 1. The molecule has 0 amide bonds. The Hall–Kier alpha value is -0.250. The summed E-state index contributed by atoms with van der Waals surface area (Å²) in [6.45, 7) is 1.85. The molecule has 0 aromatic carbocycles. The predicted octanol–water partition coefficient (Wildman–Crippen LogP) is 1.68. The number of carbonyl (C=O) groups excluding carboxylic acids is 1. The average molecular weight is 237 g/mol. The molecule has 1 saturated heterocycles. The first kappa shape index (κ1) is 10.3. The molecule has 78 valence electrons. The highest BCUT2D eigenvalue weighted by atomic mass is 35.5. The van der Waals surface area contributed by atoms with Crippen LogP contribution < -0.4 is 0 Å². The SMILES string of the molecule is COC1=CC(C)(C(Cl)Cl)C2OC2C1=O. The summed E-state index contributed by atoms with van der Waals surface area (Å²) in [4.78, 5) is 10.9. The highest BCUT2D eigenvalue weighted by Crippen LogP contribution is 2.50. The quantitative estimate of drug-likeness (QED) is 0.541. The van der Waals surface area contributed by atoms with Gasteiger partial charge in [0, 0.05) is 5.41 Å². The van der Waals surface area contributed by atoms with E-state index >= 15 is 0 Å². The minimum atomic E-state index is -0.615. The Morgan fingerprint density at radius 2 is 2.29 bits per heavy atom. The molecule has 0 radical (unpaired) electrons. The summed E-state index contributed by atoms with van der Waals surface area (Å²) in [5, 5.41) is 0. The fourth-order valence-electron chi connectivity index (χ4n) is 1.71. The van der Waals surface area contributed by atoms with E-state index in [0.29, 0.717) is 0 Å². The molecule has 0 spiro atoms. The van der Waals surface area contributed by atoms with E-state index in [1.807, 2.05) is 6.92 Å². The van der Waals surface area contributed by atoms with Crippen LogP contribution in [0, 0.1) is 5.41 Å². The Kier molecular flexibility index (Phi) is 2.29. The minimum Gasteiger partial charge on any atom is -0.493 e. The average Bonchev–Trinajstić information content (AvgIpc) is 2.91. The number of carbonyl (C=O) groups is 1. The number of alkyl halides is 2. The number of fused-ring (bicyclic) bond motifs is 1. The molecule has 0 aromatic rings. The molecule has 0 aromatic heterocycles. The second kappa shape index (κ2) is 3.12. The number of ether oxygens (including phenoxy) is 2. The highest BCUT2D eigenvalue weighted by Gasteiger charge is 2.61. The van der Waals surface area contributed by atoms with Crippen LogP contribution in [0.25, 0.3) is 0 Å². The maximum absolute atomic E-state index is 11.5. The van der Waals surface area contributed by atoms with Gasteiger partial charge in [-0.25, -0.2) is 0 Å². The van der Waals surface area contributed by atoms with Crippen molar-refractivity contribution >= 4 is 29.0 Å². The van der Waals surface area contributed by atoms with Crippen molar-refractivity contribution < 1.29 is 14.3 Å². The van der Waals surface area contributed by atoms with Gasteiger partial charge in [-0.05, 0) is 6.08 Å². The fourth-order valence-corrected chi connectivity index (χ4v) is 2.08. The number of epoxide rings is 1. The number of rotatable bonds is 2. The fraction of sp³-hybridized carbons (Fsp3) is 0.667. The smallest absolute Gasteiger partial charge is 0.228 e. The molecule has 3 unspecified atom stereocenters. The Morgan fingerprint density at radius 3 is 2.79 bits per heavy atom.